The van der Waals surface area contributed by atoms with E-state index in [9.17, 15) is 9.59 Å². The lowest BCUT2D eigenvalue weighted by molar-refractivity contribution is 1.36. The van der Waals surface area contributed by atoms with Crippen LogP contribution in [0, 0.1) is 0 Å². The average molecular weight is 342 g/mol. The predicted molar refractivity (Wildman–Crippen MR) is 105 cm³/mol. The maximum absolute atomic E-state index is 12.1. The van der Waals surface area contributed by atoms with Crippen molar-refractivity contribution in [2.24, 2.45) is 0 Å². The highest BCUT2D eigenvalue weighted by Crippen LogP contribution is 2.30. The number of hydrogen-bond acceptors (Lipinski definition) is 4. The zero-order valence-corrected chi connectivity index (χ0v) is 13.6. The molecular formula is C20H14N4O2. The Balaban J connectivity index is 1.55. The van der Waals surface area contributed by atoms with Crippen LogP contribution in [0.15, 0.2) is 70.5 Å². The molecule has 126 valence electrons. The van der Waals surface area contributed by atoms with Crippen LogP contribution in [0.5, 0.6) is 0 Å². The van der Waals surface area contributed by atoms with Crippen LogP contribution >= 0.6 is 0 Å². The Bertz CT molecular complexity index is 1230. The maximum Gasteiger partial charge on any atom is 0.253 e. The van der Waals surface area contributed by atoms with E-state index in [4.69, 9.17) is 0 Å². The first-order valence-corrected chi connectivity index (χ1v) is 8.22. The fourth-order valence-corrected chi connectivity index (χ4v) is 3.28. The molecule has 0 fully saturated rings. The molecule has 4 N–H and O–H groups in total. The van der Waals surface area contributed by atoms with E-state index in [0.717, 1.165) is 33.2 Å². The van der Waals surface area contributed by atoms with Crippen LogP contribution in [0.3, 0.4) is 0 Å². The summed E-state index contributed by atoms with van der Waals surface area (Å²) in [5, 5.41) is 8.26. The number of benzene rings is 2. The Hall–Kier alpha value is -3.80. The van der Waals surface area contributed by atoms with Gasteiger partial charge in [-0.2, -0.15) is 0 Å². The van der Waals surface area contributed by atoms with Gasteiger partial charge < -0.3 is 20.6 Å². The smallest absolute Gasteiger partial charge is 0.253 e. The summed E-state index contributed by atoms with van der Waals surface area (Å²) in [7, 11) is 0. The SMILES string of the molecule is O=c1c(Nc2cccc3cc[nH]c23)c(Nc2cccc3cc[nH]c23)c1=O. The summed E-state index contributed by atoms with van der Waals surface area (Å²) in [5.41, 5.74) is 2.79. The van der Waals surface area contributed by atoms with Gasteiger partial charge in [0.2, 0.25) is 0 Å². The second-order valence-corrected chi connectivity index (χ2v) is 6.15. The quantitative estimate of drug-likeness (QED) is 0.375. The minimum atomic E-state index is -0.519. The number of hydrogen-bond donors (Lipinski definition) is 4. The minimum Gasteiger partial charge on any atom is -0.359 e. The molecule has 3 aromatic carbocycles. The summed E-state index contributed by atoms with van der Waals surface area (Å²) in [6, 6.07) is 15.4. The molecule has 6 heteroatoms. The molecule has 26 heavy (non-hydrogen) atoms. The first kappa shape index (κ1) is 14.5. The Kier molecular flexibility index (Phi) is 2.99. The molecule has 2 aromatic heterocycles. The second-order valence-electron chi connectivity index (χ2n) is 6.15. The fourth-order valence-electron chi connectivity index (χ4n) is 3.28. The van der Waals surface area contributed by atoms with Crippen LogP contribution in [0.2, 0.25) is 0 Å². The third-order valence-electron chi connectivity index (χ3n) is 4.60. The molecule has 0 atom stereocenters. The molecule has 0 radical (unpaired) electrons. The van der Waals surface area contributed by atoms with Crippen LogP contribution in [0.25, 0.3) is 21.8 Å². The first-order valence-electron chi connectivity index (χ1n) is 8.22. The third-order valence-corrected chi connectivity index (χ3v) is 4.60. The second kappa shape index (κ2) is 5.35. The number of nitrogens with one attached hydrogen (secondary N) is 4. The van der Waals surface area contributed by atoms with Crippen molar-refractivity contribution in [3.05, 3.63) is 81.4 Å². The van der Waals surface area contributed by atoms with Gasteiger partial charge in [0.05, 0.1) is 22.4 Å². The van der Waals surface area contributed by atoms with E-state index < -0.39 is 10.9 Å². The van der Waals surface area contributed by atoms with Gasteiger partial charge in [0.25, 0.3) is 10.9 Å². The molecular weight excluding hydrogens is 328 g/mol. The van der Waals surface area contributed by atoms with E-state index in [2.05, 4.69) is 20.6 Å². The van der Waals surface area contributed by atoms with Gasteiger partial charge in [-0.3, -0.25) is 9.59 Å². The van der Waals surface area contributed by atoms with Crippen LogP contribution < -0.4 is 21.5 Å². The van der Waals surface area contributed by atoms with E-state index >= 15 is 0 Å². The molecule has 5 rings (SSSR count). The average Bonchev–Trinajstić information content (AvgIpc) is 3.33. The summed E-state index contributed by atoms with van der Waals surface area (Å²) in [6.45, 7) is 0. The Morgan fingerprint density at radius 2 is 1.08 bits per heavy atom. The number of aromatic nitrogens is 2. The largest absolute Gasteiger partial charge is 0.359 e. The van der Waals surface area contributed by atoms with Gasteiger partial charge in [-0.1, -0.05) is 24.3 Å². The van der Waals surface area contributed by atoms with Crippen molar-refractivity contribution < 1.29 is 0 Å². The lowest BCUT2D eigenvalue weighted by Crippen LogP contribution is -2.35. The van der Waals surface area contributed by atoms with Crippen molar-refractivity contribution in [1.29, 1.82) is 0 Å². The molecule has 0 spiro atoms. The number of aromatic amines is 2. The van der Waals surface area contributed by atoms with Gasteiger partial charge in [-0.25, -0.2) is 0 Å². The first-order chi connectivity index (χ1) is 12.7. The van der Waals surface area contributed by atoms with E-state index in [0.29, 0.717) is 0 Å². The number of H-pyrrole nitrogens is 2. The van der Waals surface area contributed by atoms with Crippen LogP contribution in [-0.2, 0) is 0 Å². The number of fused-ring (bicyclic) bond motifs is 2. The molecule has 0 bridgehead atoms. The highest BCUT2D eigenvalue weighted by molar-refractivity contribution is 5.97. The molecule has 5 aromatic rings. The van der Waals surface area contributed by atoms with Crippen molar-refractivity contribution in [3.8, 4) is 0 Å². The lowest BCUT2D eigenvalue weighted by Gasteiger charge is -2.16. The molecule has 2 heterocycles. The van der Waals surface area contributed by atoms with E-state index in [1.807, 2.05) is 60.9 Å². The third kappa shape index (κ3) is 2.05. The summed E-state index contributed by atoms with van der Waals surface area (Å²) in [6.07, 6.45) is 3.67. The predicted octanol–water partition coefficient (Wildman–Crippen LogP) is 3.73. The van der Waals surface area contributed by atoms with Crippen molar-refractivity contribution in [3.63, 3.8) is 0 Å². The summed E-state index contributed by atoms with van der Waals surface area (Å²) in [5.74, 6) is 0. The molecule has 0 aliphatic heterocycles. The minimum absolute atomic E-state index is 0.278. The summed E-state index contributed by atoms with van der Waals surface area (Å²) in [4.78, 5) is 30.5. The van der Waals surface area contributed by atoms with Crippen molar-refractivity contribution in [1.82, 2.24) is 9.97 Å². The Morgan fingerprint density at radius 3 is 1.54 bits per heavy atom. The molecule has 0 saturated carbocycles. The van der Waals surface area contributed by atoms with E-state index in [1.165, 1.54) is 0 Å². The van der Waals surface area contributed by atoms with Crippen molar-refractivity contribution in [2.75, 3.05) is 10.6 Å². The molecule has 0 saturated heterocycles. The van der Waals surface area contributed by atoms with E-state index in [-0.39, 0.29) is 11.4 Å². The van der Waals surface area contributed by atoms with Crippen molar-refractivity contribution >= 4 is 44.6 Å². The zero-order valence-electron chi connectivity index (χ0n) is 13.6. The van der Waals surface area contributed by atoms with Crippen LogP contribution in [-0.4, -0.2) is 9.97 Å². The van der Waals surface area contributed by atoms with Gasteiger partial charge in [0.1, 0.15) is 11.4 Å². The highest BCUT2D eigenvalue weighted by Gasteiger charge is 2.22. The number of para-hydroxylation sites is 2. The summed E-state index contributed by atoms with van der Waals surface area (Å²) >= 11 is 0. The van der Waals surface area contributed by atoms with Gasteiger partial charge in [0, 0.05) is 23.2 Å². The summed E-state index contributed by atoms with van der Waals surface area (Å²) < 4.78 is 0. The van der Waals surface area contributed by atoms with E-state index in [1.54, 1.807) is 0 Å². The Labute approximate surface area is 147 Å². The number of rotatable bonds is 4. The zero-order chi connectivity index (χ0) is 17.7. The normalized spacial score (nSPS) is 11.4. The maximum atomic E-state index is 12.1. The standard InChI is InChI=1S/C20H14N4O2/c25-19-17(23-13-5-1-3-11-7-9-21-15(11)13)18(20(19)26)24-14-6-2-4-12-8-10-22-16(12)14/h1-10,21-24H. The van der Waals surface area contributed by atoms with Crippen LogP contribution in [0.1, 0.15) is 0 Å². The van der Waals surface area contributed by atoms with Crippen LogP contribution in [0.4, 0.5) is 22.7 Å². The molecule has 0 aliphatic rings. The van der Waals surface area contributed by atoms with Gasteiger partial charge in [-0.15, -0.1) is 0 Å². The molecule has 6 nitrogen and oxygen atoms in total. The molecule has 0 aliphatic carbocycles. The van der Waals surface area contributed by atoms with Gasteiger partial charge in [-0.05, 0) is 24.3 Å². The van der Waals surface area contributed by atoms with Gasteiger partial charge >= 0.3 is 0 Å². The topological polar surface area (TPSA) is 89.8 Å². The molecule has 0 unspecified atom stereocenters. The fraction of sp³-hybridized carbons (Fsp3) is 0. The lowest BCUT2D eigenvalue weighted by atomic mass is 10.1. The Morgan fingerprint density at radius 1 is 0.615 bits per heavy atom. The molecule has 0 amide bonds. The van der Waals surface area contributed by atoms with Gasteiger partial charge in [0.15, 0.2) is 0 Å². The van der Waals surface area contributed by atoms with Crippen molar-refractivity contribution in [2.45, 2.75) is 0 Å². The number of anilines is 4. The highest BCUT2D eigenvalue weighted by atomic mass is 16.2. The monoisotopic (exact) mass is 342 g/mol.